The van der Waals surface area contributed by atoms with Crippen LogP contribution in [0.15, 0.2) is 54.6 Å². The van der Waals surface area contributed by atoms with Gasteiger partial charge in [-0.2, -0.15) is 0 Å². The maximum Gasteiger partial charge on any atom is 0.262 e. The van der Waals surface area contributed by atoms with Crippen molar-refractivity contribution >= 4 is 78.7 Å². The number of hydrogen-bond acceptors (Lipinski definition) is 4. The maximum absolute atomic E-state index is 13.3. The molecule has 0 unspecified atom stereocenters. The number of hydrogen-bond donors (Lipinski definition) is 0. The Kier molecular flexibility index (Phi) is 5.39. The van der Waals surface area contributed by atoms with Gasteiger partial charge >= 0.3 is 0 Å². The molecule has 0 bridgehead atoms. The van der Waals surface area contributed by atoms with E-state index in [4.69, 9.17) is 34.8 Å². The van der Waals surface area contributed by atoms with Crippen molar-refractivity contribution in [2.75, 3.05) is 4.90 Å². The van der Waals surface area contributed by atoms with Gasteiger partial charge in [0.15, 0.2) is 5.13 Å². The van der Waals surface area contributed by atoms with E-state index in [2.05, 4.69) is 4.98 Å². The Labute approximate surface area is 178 Å². The Morgan fingerprint density at radius 3 is 2.48 bits per heavy atom. The number of amides is 1. The number of carbonyl (C=O) groups is 1. The minimum Gasteiger partial charge on any atom is -0.279 e. The van der Waals surface area contributed by atoms with E-state index in [1.54, 1.807) is 17.0 Å². The second-order valence-electron chi connectivity index (χ2n) is 5.72. The molecule has 2 heterocycles. The van der Waals surface area contributed by atoms with Gasteiger partial charge in [0, 0.05) is 5.02 Å². The highest BCUT2D eigenvalue weighted by Gasteiger charge is 2.25. The van der Waals surface area contributed by atoms with Crippen LogP contribution in [0.1, 0.15) is 15.9 Å². The summed E-state index contributed by atoms with van der Waals surface area (Å²) in [6, 6.07) is 16.8. The van der Waals surface area contributed by atoms with Gasteiger partial charge < -0.3 is 0 Å². The van der Waals surface area contributed by atoms with E-state index in [1.165, 1.54) is 22.7 Å². The lowest BCUT2D eigenvalue weighted by molar-refractivity contribution is 0.0985. The highest BCUT2D eigenvalue weighted by molar-refractivity contribution is 7.22. The number of thiophene rings is 1. The van der Waals surface area contributed by atoms with Crippen LogP contribution in [0.25, 0.3) is 10.2 Å². The largest absolute Gasteiger partial charge is 0.279 e. The summed E-state index contributed by atoms with van der Waals surface area (Å²) in [6.07, 6.45) is 0. The third kappa shape index (κ3) is 3.98. The molecule has 4 rings (SSSR count). The van der Waals surface area contributed by atoms with Crippen molar-refractivity contribution in [2.45, 2.75) is 6.54 Å². The molecule has 3 nitrogen and oxygen atoms in total. The zero-order chi connectivity index (χ0) is 19.0. The second kappa shape index (κ2) is 7.78. The smallest absolute Gasteiger partial charge is 0.262 e. The molecule has 0 aliphatic carbocycles. The standard InChI is InChI=1S/C19H11Cl3N2OS2/c20-12-6-7-14-15(8-12)26-19(23-14)24(10-11-4-2-1-3-5-11)18(25)13-9-16(21)27-17(13)22/h1-9H,10H2. The number of benzene rings is 2. The molecule has 0 aliphatic heterocycles. The van der Waals surface area contributed by atoms with Crippen LogP contribution >= 0.6 is 57.5 Å². The molecule has 27 heavy (non-hydrogen) atoms. The molecule has 0 aliphatic rings. The van der Waals surface area contributed by atoms with Crippen LogP contribution in [0.2, 0.25) is 13.7 Å². The molecule has 8 heteroatoms. The third-order valence-corrected chi connectivity index (χ3v) is 6.65. The van der Waals surface area contributed by atoms with Crippen molar-refractivity contribution < 1.29 is 4.79 Å². The Hall–Kier alpha value is -1.63. The number of thiazole rings is 1. The summed E-state index contributed by atoms with van der Waals surface area (Å²) in [5.74, 6) is -0.239. The first-order valence-corrected chi connectivity index (χ1v) is 10.6. The molecular formula is C19H11Cl3N2OS2. The fourth-order valence-corrected chi connectivity index (χ4v) is 5.31. The van der Waals surface area contributed by atoms with Crippen LogP contribution in [-0.2, 0) is 6.54 Å². The van der Waals surface area contributed by atoms with E-state index in [1.807, 2.05) is 42.5 Å². The maximum atomic E-state index is 13.3. The molecule has 0 saturated heterocycles. The van der Waals surface area contributed by atoms with E-state index >= 15 is 0 Å². The Morgan fingerprint density at radius 2 is 1.78 bits per heavy atom. The van der Waals surface area contributed by atoms with Crippen molar-refractivity contribution in [3.05, 3.63) is 79.4 Å². The summed E-state index contributed by atoms with van der Waals surface area (Å²) in [6.45, 7) is 0.372. The van der Waals surface area contributed by atoms with Crippen molar-refractivity contribution in [3.8, 4) is 0 Å². The van der Waals surface area contributed by atoms with Crippen LogP contribution in [0.4, 0.5) is 5.13 Å². The molecule has 0 fully saturated rings. The van der Waals surface area contributed by atoms with Gasteiger partial charge in [0.2, 0.25) is 0 Å². The molecule has 0 N–H and O–H groups in total. The first-order chi connectivity index (χ1) is 13.0. The lowest BCUT2D eigenvalue weighted by Gasteiger charge is -2.19. The molecule has 0 spiro atoms. The van der Waals surface area contributed by atoms with Gasteiger partial charge in [-0.05, 0) is 29.8 Å². The average molecular weight is 454 g/mol. The minimum absolute atomic E-state index is 0.239. The Bertz CT molecular complexity index is 1120. The van der Waals surface area contributed by atoms with E-state index in [9.17, 15) is 4.79 Å². The highest BCUT2D eigenvalue weighted by Crippen LogP contribution is 2.36. The predicted octanol–water partition coefficient (Wildman–Crippen LogP) is 7.17. The molecule has 2 aromatic heterocycles. The fourth-order valence-electron chi connectivity index (χ4n) is 2.63. The summed E-state index contributed by atoms with van der Waals surface area (Å²) in [7, 11) is 0. The Morgan fingerprint density at radius 1 is 1.00 bits per heavy atom. The quantitative estimate of drug-likeness (QED) is 0.328. The molecule has 2 aromatic carbocycles. The normalized spacial score (nSPS) is 11.1. The van der Waals surface area contributed by atoms with Crippen molar-refractivity contribution in [1.29, 1.82) is 0 Å². The first kappa shape index (κ1) is 18.7. The summed E-state index contributed by atoms with van der Waals surface area (Å²) >= 11 is 20.9. The number of halogens is 3. The summed E-state index contributed by atoms with van der Waals surface area (Å²) in [5, 5.41) is 1.21. The van der Waals surface area contributed by atoms with Gasteiger partial charge in [0.1, 0.15) is 4.34 Å². The SMILES string of the molecule is O=C(c1cc(Cl)sc1Cl)N(Cc1ccccc1)c1nc2ccc(Cl)cc2s1. The zero-order valence-electron chi connectivity index (χ0n) is 13.7. The van der Waals surface area contributed by atoms with Crippen LogP contribution in [0.5, 0.6) is 0 Å². The number of nitrogens with zero attached hydrogens (tertiary/aromatic N) is 2. The number of fused-ring (bicyclic) bond motifs is 1. The van der Waals surface area contributed by atoms with Crippen molar-refractivity contribution in [3.63, 3.8) is 0 Å². The summed E-state index contributed by atoms with van der Waals surface area (Å²) in [4.78, 5) is 19.5. The number of carbonyl (C=O) groups excluding carboxylic acids is 1. The Balaban J connectivity index is 1.79. The van der Waals surface area contributed by atoms with Crippen LogP contribution in [-0.4, -0.2) is 10.9 Å². The summed E-state index contributed by atoms with van der Waals surface area (Å²) < 4.78 is 1.75. The highest BCUT2D eigenvalue weighted by atomic mass is 35.5. The molecule has 4 aromatic rings. The molecule has 0 saturated carbocycles. The molecule has 136 valence electrons. The van der Waals surface area contributed by atoms with E-state index in [-0.39, 0.29) is 5.91 Å². The van der Waals surface area contributed by atoms with Crippen molar-refractivity contribution in [1.82, 2.24) is 4.98 Å². The van der Waals surface area contributed by atoms with Gasteiger partial charge in [-0.1, -0.05) is 76.5 Å². The first-order valence-electron chi connectivity index (χ1n) is 7.88. The van der Waals surface area contributed by atoms with Gasteiger partial charge in [0.25, 0.3) is 5.91 Å². The average Bonchev–Trinajstić information content (AvgIpc) is 3.22. The number of aromatic nitrogens is 1. The van der Waals surface area contributed by atoms with Crippen LogP contribution in [0, 0.1) is 0 Å². The monoisotopic (exact) mass is 452 g/mol. The van der Waals surface area contributed by atoms with E-state index in [0.29, 0.717) is 30.9 Å². The van der Waals surface area contributed by atoms with Gasteiger partial charge in [-0.15, -0.1) is 11.3 Å². The predicted molar refractivity (Wildman–Crippen MR) is 116 cm³/mol. The topological polar surface area (TPSA) is 33.2 Å². The van der Waals surface area contributed by atoms with Gasteiger partial charge in [-0.3, -0.25) is 9.69 Å². The lowest BCUT2D eigenvalue weighted by Crippen LogP contribution is -2.30. The lowest BCUT2D eigenvalue weighted by atomic mass is 10.2. The second-order valence-corrected chi connectivity index (χ2v) is 9.45. The third-order valence-electron chi connectivity index (χ3n) is 3.89. The summed E-state index contributed by atoms with van der Waals surface area (Å²) in [5.41, 5.74) is 2.15. The van der Waals surface area contributed by atoms with E-state index in [0.717, 1.165) is 15.8 Å². The number of anilines is 1. The van der Waals surface area contributed by atoms with Crippen LogP contribution in [0.3, 0.4) is 0 Å². The van der Waals surface area contributed by atoms with Gasteiger partial charge in [0.05, 0.1) is 26.7 Å². The van der Waals surface area contributed by atoms with Crippen molar-refractivity contribution in [2.24, 2.45) is 0 Å². The van der Waals surface area contributed by atoms with Crippen LogP contribution < -0.4 is 4.90 Å². The zero-order valence-corrected chi connectivity index (χ0v) is 17.6. The molecular weight excluding hydrogens is 443 g/mol. The molecule has 1 amide bonds. The minimum atomic E-state index is -0.239. The van der Waals surface area contributed by atoms with Gasteiger partial charge in [-0.25, -0.2) is 4.98 Å². The molecule has 0 atom stereocenters. The molecule has 0 radical (unpaired) electrons. The van der Waals surface area contributed by atoms with E-state index < -0.39 is 0 Å². The number of rotatable bonds is 4. The fraction of sp³-hybridized carbons (Fsp3) is 0.0526.